The molecule has 2 heteroatoms. The van der Waals surface area contributed by atoms with E-state index < -0.39 is 0 Å². The van der Waals surface area contributed by atoms with E-state index in [4.69, 9.17) is 4.74 Å². The molecular formula is C15H26O2. The van der Waals surface area contributed by atoms with Crippen LogP contribution < -0.4 is 0 Å². The number of hydrogen-bond acceptors (Lipinski definition) is 2. The number of rotatable bonds is 4. The first-order valence-corrected chi connectivity index (χ1v) is 6.88. The molecule has 0 fully saturated rings. The van der Waals surface area contributed by atoms with Crippen molar-refractivity contribution in [3.05, 3.63) is 11.6 Å². The van der Waals surface area contributed by atoms with Crippen LogP contribution in [0.2, 0.25) is 0 Å². The predicted octanol–water partition coefficient (Wildman–Crippen LogP) is 3.96. The molecule has 0 amide bonds. The summed E-state index contributed by atoms with van der Waals surface area (Å²) in [7, 11) is 0. The maximum absolute atomic E-state index is 11.9. The Hall–Kier alpha value is -0.790. The predicted molar refractivity (Wildman–Crippen MR) is 70.7 cm³/mol. The Balaban J connectivity index is 2.69. The normalized spacial score (nSPS) is 30.6. The monoisotopic (exact) mass is 238 g/mol. The van der Waals surface area contributed by atoms with E-state index in [0.717, 1.165) is 19.3 Å². The largest absolute Gasteiger partial charge is 0.462 e. The van der Waals surface area contributed by atoms with Gasteiger partial charge in [-0.2, -0.15) is 0 Å². The van der Waals surface area contributed by atoms with E-state index >= 15 is 0 Å². The van der Waals surface area contributed by atoms with Crippen molar-refractivity contribution in [2.24, 2.45) is 17.8 Å². The molecule has 0 aliphatic heterocycles. The summed E-state index contributed by atoms with van der Waals surface area (Å²) in [5, 5.41) is 0. The van der Waals surface area contributed by atoms with Gasteiger partial charge < -0.3 is 4.74 Å². The minimum Gasteiger partial charge on any atom is -0.462 e. The van der Waals surface area contributed by atoms with Crippen molar-refractivity contribution in [3.63, 3.8) is 0 Å². The minimum absolute atomic E-state index is 0.0222. The van der Waals surface area contributed by atoms with Crippen LogP contribution in [0.5, 0.6) is 0 Å². The van der Waals surface area contributed by atoms with Gasteiger partial charge in [0.15, 0.2) is 0 Å². The number of esters is 1. The van der Waals surface area contributed by atoms with Gasteiger partial charge in [-0.15, -0.1) is 0 Å². The zero-order valence-electron chi connectivity index (χ0n) is 11.8. The molecule has 4 unspecified atom stereocenters. The van der Waals surface area contributed by atoms with E-state index in [1.807, 2.05) is 13.8 Å². The van der Waals surface area contributed by atoms with Crippen molar-refractivity contribution in [3.8, 4) is 0 Å². The number of allylic oxidation sites excluding steroid dienone is 1. The summed E-state index contributed by atoms with van der Waals surface area (Å²) in [6.07, 6.45) is 5.28. The SMILES string of the molecule is CCC(C)C(=O)OC1CC(C)C=C(C)C1CC. The first-order chi connectivity index (χ1) is 7.99. The fraction of sp³-hybridized carbons (Fsp3) is 0.800. The van der Waals surface area contributed by atoms with E-state index in [-0.39, 0.29) is 18.0 Å². The molecule has 1 rings (SSSR count). The Bertz CT molecular complexity index is 293. The first-order valence-electron chi connectivity index (χ1n) is 6.88. The van der Waals surface area contributed by atoms with E-state index in [2.05, 4.69) is 26.8 Å². The lowest BCUT2D eigenvalue weighted by Crippen LogP contribution is -2.33. The highest BCUT2D eigenvalue weighted by Gasteiger charge is 2.31. The summed E-state index contributed by atoms with van der Waals surface area (Å²) in [4.78, 5) is 11.9. The molecule has 0 saturated heterocycles. The summed E-state index contributed by atoms with van der Waals surface area (Å²) in [6, 6.07) is 0. The van der Waals surface area contributed by atoms with Gasteiger partial charge in [0.05, 0.1) is 5.92 Å². The summed E-state index contributed by atoms with van der Waals surface area (Å²) in [6.45, 7) is 10.5. The molecule has 1 aliphatic carbocycles. The molecule has 0 aromatic heterocycles. The van der Waals surface area contributed by atoms with E-state index in [1.54, 1.807) is 0 Å². The molecule has 2 nitrogen and oxygen atoms in total. The lowest BCUT2D eigenvalue weighted by molar-refractivity contribution is -0.156. The topological polar surface area (TPSA) is 26.3 Å². The highest BCUT2D eigenvalue weighted by Crippen LogP contribution is 2.33. The van der Waals surface area contributed by atoms with Gasteiger partial charge in [0.2, 0.25) is 0 Å². The van der Waals surface area contributed by atoms with Crippen LogP contribution in [0.3, 0.4) is 0 Å². The number of ether oxygens (including phenoxy) is 1. The molecule has 17 heavy (non-hydrogen) atoms. The maximum atomic E-state index is 11.9. The van der Waals surface area contributed by atoms with Crippen molar-refractivity contribution >= 4 is 5.97 Å². The van der Waals surface area contributed by atoms with Gasteiger partial charge in [0.25, 0.3) is 0 Å². The number of carbonyl (C=O) groups is 1. The van der Waals surface area contributed by atoms with Crippen molar-refractivity contribution < 1.29 is 9.53 Å². The van der Waals surface area contributed by atoms with E-state index in [9.17, 15) is 4.79 Å². The third-order valence-electron chi connectivity index (χ3n) is 3.91. The highest BCUT2D eigenvalue weighted by molar-refractivity contribution is 5.72. The second-order valence-corrected chi connectivity index (χ2v) is 5.42. The molecule has 0 N–H and O–H groups in total. The fourth-order valence-electron chi connectivity index (χ4n) is 2.61. The molecule has 0 saturated carbocycles. The van der Waals surface area contributed by atoms with Crippen molar-refractivity contribution in [1.82, 2.24) is 0 Å². The summed E-state index contributed by atoms with van der Waals surface area (Å²) < 4.78 is 5.71. The molecule has 0 radical (unpaired) electrons. The van der Waals surface area contributed by atoms with E-state index in [1.165, 1.54) is 5.57 Å². The Morgan fingerprint density at radius 2 is 2.18 bits per heavy atom. The molecule has 0 spiro atoms. The van der Waals surface area contributed by atoms with Crippen LogP contribution in [0.4, 0.5) is 0 Å². The lowest BCUT2D eigenvalue weighted by atomic mass is 9.80. The maximum Gasteiger partial charge on any atom is 0.308 e. The molecule has 4 atom stereocenters. The molecule has 0 aromatic carbocycles. The van der Waals surface area contributed by atoms with Gasteiger partial charge in [0.1, 0.15) is 6.10 Å². The van der Waals surface area contributed by atoms with Crippen LogP contribution in [0.25, 0.3) is 0 Å². The van der Waals surface area contributed by atoms with Gasteiger partial charge in [-0.1, -0.05) is 39.3 Å². The third kappa shape index (κ3) is 3.58. The Morgan fingerprint density at radius 1 is 1.53 bits per heavy atom. The second kappa shape index (κ2) is 6.23. The summed E-state index contributed by atoms with van der Waals surface area (Å²) in [5.41, 5.74) is 1.38. The Kier molecular flexibility index (Phi) is 5.23. The van der Waals surface area contributed by atoms with Gasteiger partial charge in [-0.25, -0.2) is 0 Å². The van der Waals surface area contributed by atoms with Crippen molar-refractivity contribution in [2.75, 3.05) is 0 Å². The van der Waals surface area contributed by atoms with Gasteiger partial charge >= 0.3 is 5.97 Å². The summed E-state index contributed by atoms with van der Waals surface area (Å²) >= 11 is 0. The average molecular weight is 238 g/mol. The number of hydrogen-bond donors (Lipinski definition) is 0. The first kappa shape index (κ1) is 14.3. The van der Waals surface area contributed by atoms with Crippen LogP contribution in [-0.2, 0) is 9.53 Å². The van der Waals surface area contributed by atoms with Crippen molar-refractivity contribution in [2.45, 2.75) is 60.0 Å². The van der Waals surface area contributed by atoms with Gasteiger partial charge in [-0.3, -0.25) is 4.79 Å². The van der Waals surface area contributed by atoms with Crippen LogP contribution in [0.15, 0.2) is 11.6 Å². The molecule has 0 bridgehead atoms. The minimum atomic E-state index is -0.0298. The van der Waals surface area contributed by atoms with Gasteiger partial charge in [-0.05, 0) is 32.1 Å². The fourth-order valence-corrected chi connectivity index (χ4v) is 2.61. The molecular weight excluding hydrogens is 212 g/mol. The van der Waals surface area contributed by atoms with Crippen molar-refractivity contribution in [1.29, 1.82) is 0 Å². The van der Waals surface area contributed by atoms with Crippen LogP contribution >= 0.6 is 0 Å². The standard InChI is InChI=1S/C15H26O2/c1-6-11(4)15(16)17-14-9-10(3)8-12(5)13(14)7-2/h8,10-11,13-14H,6-7,9H2,1-5H3. The van der Waals surface area contributed by atoms with E-state index in [0.29, 0.717) is 11.8 Å². The Morgan fingerprint density at radius 3 is 2.71 bits per heavy atom. The molecule has 98 valence electrons. The lowest BCUT2D eigenvalue weighted by Gasteiger charge is -2.33. The molecule has 1 aliphatic rings. The number of carbonyl (C=O) groups excluding carboxylic acids is 1. The van der Waals surface area contributed by atoms with Crippen LogP contribution in [0, 0.1) is 17.8 Å². The quantitative estimate of drug-likeness (QED) is 0.547. The van der Waals surface area contributed by atoms with Crippen LogP contribution in [0.1, 0.15) is 53.9 Å². The zero-order chi connectivity index (χ0) is 13.0. The average Bonchev–Trinajstić information content (AvgIpc) is 2.27. The van der Waals surface area contributed by atoms with Gasteiger partial charge in [0, 0.05) is 5.92 Å². The third-order valence-corrected chi connectivity index (χ3v) is 3.91. The molecule has 0 aromatic rings. The summed E-state index contributed by atoms with van der Waals surface area (Å²) in [5.74, 6) is 0.929. The second-order valence-electron chi connectivity index (χ2n) is 5.42. The Labute approximate surface area is 105 Å². The highest BCUT2D eigenvalue weighted by atomic mass is 16.5. The van der Waals surface area contributed by atoms with Crippen LogP contribution in [-0.4, -0.2) is 12.1 Å². The molecule has 0 heterocycles. The zero-order valence-corrected chi connectivity index (χ0v) is 11.8. The smallest absolute Gasteiger partial charge is 0.308 e.